The third-order valence-corrected chi connectivity index (χ3v) is 3.99. The summed E-state index contributed by atoms with van der Waals surface area (Å²) in [5.74, 6) is 0. The van der Waals surface area contributed by atoms with Gasteiger partial charge in [-0.25, -0.2) is 0 Å². The average Bonchev–Trinajstić information content (AvgIpc) is 2.22. The monoisotopic (exact) mass is 276 g/mol. The molecule has 0 aromatic heterocycles. The maximum absolute atomic E-state index is 4.70. The van der Waals surface area contributed by atoms with Gasteiger partial charge in [-0.05, 0) is 50.4 Å². The van der Waals surface area contributed by atoms with Gasteiger partial charge in [0.2, 0.25) is 0 Å². The molecule has 0 saturated carbocycles. The van der Waals surface area contributed by atoms with Crippen molar-refractivity contribution in [3.05, 3.63) is 35.4 Å². The van der Waals surface area contributed by atoms with Crippen LogP contribution < -0.4 is 0 Å². The number of benzene rings is 1. The van der Waals surface area contributed by atoms with Crippen molar-refractivity contribution in [1.29, 1.82) is 0 Å². The molecule has 0 amide bonds. The van der Waals surface area contributed by atoms with Gasteiger partial charge in [0.15, 0.2) is 16.5 Å². The third kappa shape index (κ3) is 6.07. The molecule has 0 unspecified atom stereocenters. The first-order chi connectivity index (χ1) is 8.17. The zero-order chi connectivity index (χ0) is 13.8. The molecule has 0 heterocycles. The van der Waals surface area contributed by atoms with E-state index in [1.807, 2.05) is 12.4 Å². The largest absolute Gasteiger partial charge is 0.329 e. The second kappa shape index (κ2) is 5.76. The zero-order valence-corrected chi connectivity index (χ0v) is 14.4. The Morgan fingerprint density at radius 1 is 0.722 bits per heavy atom. The molecule has 2 nitrogen and oxygen atoms in total. The summed E-state index contributed by atoms with van der Waals surface area (Å²) in [6, 6.07) is 8.32. The first-order valence-corrected chi connectivity index (χ1v) is 13.3. The Hall–Kier alpha value is -1.01. The van der Waals surface area contributed by atoms with Crippen LogP contribution in [0.4, 0.5) is 0 Å². The highest BCUT2D eigenvalue weighted by Gasteiger charge is 2.11. The van der Waals surface area contributed by atoms with Gasteiger partial charge in [-0.15, -0.1) is 0 Å². The summed E-state index contributed by atoms with van der Waals surface area (Å²) in [7, 11) is -2.78. The van der Waals surface area contributed by atoms with Gasteiger partial charge in [0, 0.05) is 12.4 Å². The Balaban J connectivity index is 3.01. The van der Waals surface area contributed by atoms with Gasteiger partial charge >= 0.3 is 0 Å². The van der Waals surface area contributed by atoms with Gasteiger partial charge in [0.25, 0.3) is 0 Å². The molecule has 0 N–H and O–H groups in total. The third-order valence-electron chi connectivity index (χ3n) is 2.18. The van der Waals surface area contributed by atoms with Crippen LogP contribution in [0.5, 0.6) is 0 Å². The molecule has 1 aromatic rings. The van der Waals surface area contributed by atoms with Crippen molar-refractivity contribution in [3.63, 3.8) is 0 Å². The van der Waals surface area contributed by atoms with E-state index >= 15 is 0 Å². The summed E-state index contributed by atoms with van der Waals surface area (Å²) in [6.45, 7) is 13.4. The molecule has 0 aliphatic carbocycles. The van der Waals surface area contributed by atoms with Gasteiger partial charge in [-0.1, -0.05) is 24.3 Å². The van der Waals surface area contributed by atoms with Crippen molar-refractivity contribution in [3.8, 4) is 0 Å². The van der Waals surface area contributed by atoms with Crippen molar-refractivity contribution in [2.24, 2.45) is 9.32 Å². The van der Waals surface area contributed by atoms with Gasteiger partial charge in [0.05, 0.1) is 0 Å². The number of hydrogen-bond acceptors (Lipinski definition) is 2. The lowest BCUT2D eigenvalue weighted by atomic mass is 10.1. The zero-order valence-electron chi connectivity index (χ0n) is 12.4. The van der Waals surface area contributed by atoms with E-state index in [4.69, 9.17) is 9.32 Å². The highest BCUT2D eigenvalue weighted by atomic mass is 28.3. The summed E-state index contributed by atoms with van der Waals surface area (Å²) in [6.07, 6.45) is 4.02. The molecule has 0 aliphatic heterocycles. The Kier molecular flexibility index (Phi) is 4.81. The molecule has 1 rings (SSSR count). The van der Waals surface area contributed by atoms with Crippen LogP contribution in [0.2, 0.25) is 39.3 Å². The van der Waals surface area contributed by atoms with Crippen LogP contribution in [0.3, 0.4) is 0 Å². The van der Waals surface area contributed by atoms with Crippen LogP contribution >= 0.6 is 0 Å². The number of hydrogen-bond donors (Lipinski definition) is 0. The minimum Gasteiger partial charge on any atom is -0.329 e. The maximum atomic E-state index is 4.70. The van der Waals surface area contributed by atoms with E-state index in [2.05, 4.69) is 63.5 Å². The lowest BCUT2D eigenvalue weighted by Gasteiger charge is -2.10. The summed E-state index contributed by atoms with van der Waals surface area (Å²) < 4.78 is 9.39. The predicted octanol–water partition coefficient (Wildman–Crippen LogP) is 4.19. The summed E-state index contributed by atoms with van der Waals surface area (Å²) in [4.78, 5) is 0. The van der Waals surface area contributed by atoms with Crippen LogP contribution in [0.1, 0.15) is 11.1 Å². The smallest absolute Gasteiger partial charge is 0.172 e. The van der Waals surface area contributed by atoms with Gasteiger partial charge < -0.3 is 9.32 Å². The normalized spacial score (nSPS) is 13.7. The highest BCUT2D eigenvalue weighted by molar-refractivity contribution is 6.75. The van der Waals surface area contributed by atoms with Gasteiger partial charge in [-0.3, -0.25) is 0 Å². The van der Waals surface area contributed by atoms with E-state index < -0.39 is 16.5 Å². The van der Waals surface area contributed by atoms with Crippen LogP contribution in [-0.4, -0.2) is 28.9 Å². The Morgan fingerprint density at radius 2 is 1.06 bits per heavy atom. The molecular weight excluding hydrogens is 252 g/mol. The van der Waals surface area contributed by atoms with E-state index in [1.54, 1.807) is 0 Å². The molecule has 18 heavy (non-hydrogen) atoms. The number of rotatable bonds is 4. The topological polar surface area (TPSA) is 24.7 Å². The van der Waals surface area contributed by atoms with E-state index in [1.165, 1.54) is 11.1 Å². The maximum Gasteiger partial charge on any atom is 0.172 e. The fraction of sp³-hybridized carbons (Fsp3) is 0.429. The van der Waals surface area contributed by atoms with E-state index in [9.17, 15) is 0 Å². The molecule has 0 aliphatic rings. The Morgan fingerprint density at radius 3 is 1.33 bits per heavy atom. The Bertz CT molecular complexity index is 409. The van der Waals surface area contributed by atoms with E-state index in [0.717, 1.165) is 0 Å². The van der Waals surface area contributed by atoms with E-state index in [-0.39, 0.29) is 0 Å². The highest BCUT2D eigenvalue weighted by Crippen LogP contribution is 2.09. The summed E-state index contributed by atoms with van der Waals surface area (Å²) in [5, 5.41) is 0. The second-order valence-electron chi connectivity index (χ2n) is 6.49. The first-order valence-electron chi connectivity index (χ1n) is 6.37. The molecule has 4 heteroatoms. The summed E-state index contributed by atoms with van der Waals surface area (Å²) in [5.41, 5.74) is 2.34. The van der Waals surface area contributed by atoms with Crippen LogP contribution in [0.25, 0.3) is 0 Å². The van der Waals surface area contributed by atoms with Crippen LogP contribution in [-0.2, 0) is 0 Å². The average molecular weight is 277 g/mol. The molecule has 0 bridgehead atoms. The SMILES string of the molecule is C[Si](C)(C)/N=C/c1ccccc1/C=N/[Si](C)(C)C. The van der Waals surface area contributed by atoms with Crippen LogP contribution in [0, 0.1) is 0 Å². The molecule has 0 radical (unpaired) electrons. The quantitative estimate of drug-likeness (QED) is 0.582. The van der Waals surface area contributed by atoms with Crippen molar-refractivity contribution in [2.75, 3.05) is 0 Å². The second-order valence-corrected chi connectivity index (χ2v) is 15.7. The lowest BCUT2D eigenvalue weighted by Crippen LogP contribution is -2.17. The first kappa shape index (κ1) is 15.1. The molecule has 0 fully saturated rings. The minimum atomic E-state index is -1.39. The van der Waals surface area contributed by atoms with Crippen molar-refractivity contribution < 1.29 is 0 Å². The molecular formula is C14H24N2Si2. The minimum absolute atomic E-state index is 1.17. The van der Waals surface area contributed by atoms with E-state index in [0.29, 0.717) is 0 Å². The van der Waals surface area contributed by atoms with Crippen LogP contribution in [0.15, 0.2) is 33.6 Å². The summed E-state index contributed by atoms with van der Waals surface area (Å²) >= 11 is 0. The standard InChI is InChI=1S/C14H24N2Si2/c1-17(2,3)15-11-13-9-7-8-10-14(13)12-16-18(4,5)6/h7-12H,1-6H3/b15-11+,16-12+. The fourth-order valence-corrected chi connectivity index (χ4v) is 2.33. The van der Waals surface area contributed by atoms with Crippen molar-refractivity contribution >= 4 is 28.9 Å². The molecule has 0 atom stereocenters. The molecule has 1 aromatic carbocycles. The molecule has 98 valence electrons. The van der Waals surface area contributed by atoms with Crippen molar-refractivity contribution in [2.45, 2.75) is 39.3 Å². The van der Waals surface area contributed by atoms with Gasteiger partial charge in [0.1, 0.15) is 0 Å². The number of nitrogens with zero attached hydrogens (tertiary/aromatic N) is 2. The molecule has 0 saturated heterocycles. The lowest BCUT2D eigenvalue weighted by molar-refractivity contribution is 1.53. The fourth-order valence-electron chi connectivity index (χ4n) is 1.27. The predicted molar refractivity (Wildman–Crippen MR) is 88.3 cm³/mol. The molecule has 0 spiro atoms. The van der Waals surface area contributed by atoms with Crippen molar-refractivity contribution in [1.82, 2.24) is 0 Å². The van der Waals surface area contributed by atoms with Gasteiger partial charge in [-0.2, -0.15) is 0 Å². The Labute approximate surface area is 113 Å².